The van der Waals surface area contributed by atoms with Crippen molar-refractivity contribution in [3.63, 3.8) is 0 Å². The molecule has 0 bridgehead atoms. The number of methoxy groups -OCH3 is 1. The maximum absolute atomic E-state index is 13.7. The van der Waals surface area contributed by atoms with Crippen LogP contribution in [-0.2, 0) is 4.74 Å². The van der Waals surface area contributed by atoms with Crippen LogP contribution in [-0.4, -0.2) is 30.1 Å². The van der Waals surface area contributed by atoms with Crippen LogP contribution in [0.15, 0.2) is 23.3 Å². The normalized spacial score (nSPS) is 48.3. The fourth-order valence-corrected chi connectivity index (χ4v) is 7.40. The Labute approximate surface area is 170 Å². The van der Waals surface area contributed by atoms with Crippen LogP contribution in [0, 0.1) is 39.9 Å². The van der Waals surface area contributed by atoms with Gasteiger partial charge in [0.1, 0.15) is 0 Å². The minimum absolute atomic E-state index is 0.0284. The molecule has 3 nitrogen and oxygen atoms in total. The lowest BCUT2D eigenvalue weighted by Crippen LogP contribution is -2.62. The second-order valence-electron chi connectivity index (χ2n) is 10.1. The van der Waals surface area contributed by atoms with E-state index in [0.717, 1.165) is 37.7 Å². The summed E-state index contributed by atoms with van der Waals surface area (Å²) in [5.41, 5.74) is -1.18. The van der Waals surface area contributed by atoms with Gasteiger partial charge in [-0.3, -0.25) is 0 Å². The lowest BCUT2D eigenvalue weighted by molar-refractivity contribution is -0.305. The summed E-state index contributed by atoms with van der Waals surface area (Å²) in [6.07, 6.45) is 2.19. The maximum atomic E-state index is 13.7. The number of nitrogens with zero attached hydrogens (tertiary/aromatic N) is 1. The molecule has 6 heteroatoms. The van der Waals surface area contributed by atoms with Crippen LogP contribution < -0.4 is 0 Å². The summed E-state index contributed by atoms with van der Waals surface area (Å²) in [4.78, 5) is 0. The summed E-state index contributed by atoms with van der Waals surface area (Å²) in [6, 6.07) is 2.20. The monoisotopic (exact) mass is 409 g/mol. The Morgan fingerprint density at radius 3 is 2.55 bits per heavy atom. The minimum Gasteiger partial charge on any atom is -0.378 e. The van der Waals surface area contributed by atoms with E-state index in [9.17, 15) is 18.3 Å². The average Bonchev–Trinajstić information content (AvgIpc) is 2.98. The highest BCUT2D eigenvalue weighted by atomic mass is 19.4. The molecule has 3 saturated carbocycles. The highest BCUT2D eigenvalue weighted by Gasteiger charge is 2.66. The summed E-state index contributed by atoms with van der Waals surface area (Å²) in [6.45, 7) is 4.36. The fraction of sp³-hybridized carbons (Fsp3) is 0.783. The van der Waals surface area contributed by atoms with Crippen LogP contribution in [0.3, 0.4) is 0 Å². The Kier molecular flexibility index (Phi) is 4.76. The molecule has 1 N–H and O–H groups in total. The van der Waals surface area contributed by atoms with Crippen LogP contribution in [0.2, 0.25) is 0 Å². The number of nitriles is 1. The molecule has 0 saturated heterocycles. The van der Waals surface area contributed by atoms with Crippen molar-refractivity contribution in [3.8, 4) is 6.07 Å². The Morgan fingerprint density at radius 1 is 1.24 bits per heavy atom. The van der Waals surface area contributed by atoms with E-state index in [1.165, 1.54) is 12.7 Å². The number of aliphatic hydroxyl groups is 1. The Morgan fingerprint density at radius 2 is 1.93 bits per heavy atom. The standard InChI is InChI=1S/C23H30F3NO2/c1-20-10-8-18-16(17(20)7-5-14(20)9-11-27)6-4-15-12-22(28,23(24,25)26)19(29-3)13-21(15,18)2/h4,9,16-19,28H,5-8,10,12-13H2,1-3H3/b14-9-/t16?,17-,18-,19-,20?,21?,22-/m0/s1. The number of fused-ring (bicyclic) bond motifs is 5. The molecule has 0 spiro atoms. The van der Waals surface area contributed by atoms with Gasteiger partial charge in [-0.2, -0.15) is 18.4 Å². The van der Waals surface area contributed by atoms with Gasteiger partial charge in [0, 0.05) is 19.6 Å². The first-order chi connectivity index (χ1) is 13.5. The highest BCUT2D eigenvalue weighted by molar-refractivity contribution is 5.33. The van der Waals surface area contributed by atoms with E-state index in [4.69, 9.17) is 10.00 Å². The third-order valence-corrected chi connectivity index (χ3v) is 9.09. The molecule has 4 rings (SSSR count). The predicted octanol–water partition coefficient (Wildman–Crippen LogP) is 5.32. The van der Waals surface area contributed by atoms with Gasteiger partial charge in [0.25, 0.3) is 0 Å². The van der Waals surface area contributed by atoms with Gasteiger partial charge in [0.2, 0.25) is 0 Å². The van der Waals surface area contributed by atoms with Gasteiger partial charge in [-0.1, -0.05) is 31.1 Å². The first kappa shape index (κ1) is 20.9. The molecule has 0 amide bonds. The van der Waals surface area contributed by atoms with Crippen LogP contribution >= 0.6 is 0 Å². The van der Waals surface area contributed by atoms with Crippen molar-refractivity contribution >= 4 is 0 Å². The zero-order valence-corrected chi connectivity index (χ0v) is 17.4. The molecule has 160 valence electrons. The van der Waals surface area contributed by atoms with Gasteiger partial charge < -0.3 is 9.84 Å². The molecule has 0 aromatic carbocycles. The van der Waals surface area contributed by atoms with E-state index in [1.54, 1.807) is 6.08 Å². The van der Waals surface area contributed by atoms with Crippen LogP contribution in [0.5, 0.6) is 0 Å². The van der Waals surface area contributed by atoms with Gasteiger partial charge >= 0.3 is 6.18 Å². The smallest absolute Gasteiger partial charge is 0.378 e. The molecule has 7 atom stereocenters. The maximum Gasteiger partial charge on any atom is 0.420 e. The summed E-state index contributed by atoms with van der Waals surface area (Å²) < 4.78 is 46.4. The molecular formula is C23H30F3NO2. The number of hydrogen-bond acceptors (Lipinski definition) is 3. The van der Waals surface area contributed by atoms with E-state index in [1.807, 2.05) is 6.08 Å². The predicted molar refractivity (Wildman–Crippen MR) is 103 cm³/mol. The molecule has 4 aliphatic rings. The van der Waals surface area contributed by atoms with E-state index in [0.29, 0.717) is 11.8 Å². The fourth-order valence-electron chi connectivity index (χ4n) is 7.40. The highest BCUT2D eigenvalue weighted by Crippen LogP contribution is 2.67. The van der Waals surface area contributed by atoms with E-state index >= 15 is 0 Å². The summed E-state index contributed by atoms with van der Waals surface area (Å²) >= 11 is 0. The first-order valence-corrected chi connectivity index (χ1v) is 10.6. The molecule has 4 aliphatic carbocycles. The summed E-state index contributed by atoms with van der Waals surface area (Å²) in [7, 11) is 1.27. The second-order valence-corrected chi connectivity index (χ2v) is 10.1. The zero-order chi connectivity index (χ0) is 21.2. The third-order valence-electron chi connectivity index (χ3n) is 9.09. The van der Waals surface area contributed by atoms with Gasteiger partial charge in [-0.15, -0.1) is 0 Å². The summed E-state index contributed by atoms with van der Waals surface area (Å²) in [5, 5.41) is 19.7. The average molecular weight is 409 g/mol. The molecular weight excluding hydrogens is 379 g/mol. The molecule has 29 heavy (non-hydrogen) atoms. The SMILES string of the molecule is CO[C@H]1CC2(C)C(=CCC3[C@@H]2CCC2(C)/C(=C\C#N)CC[C@@H]32)C[C@@]1(O)C(F)(F)F. The largest absolute Gasteiger partial charge is 0.420 e. The third kappa shape index (κ3) is 2.76. The number of rotatable bonds is 1. The van der Waals surface area contributed by atoms with Crippen molar-refractivity contribution in [2.24, 2.45) is 28.6 Å². The van der Waals surface area contributed by atoms with Crippen molar-refractivity contribution in [1.82, 2.24) is 0 Å². The van der Waals surface area contributed by atoms with Crippen LogP contribution in [0.1, 0.15) is 58.8 Å². The van der Waals surface area contributed by atoms with Crippen LogP contribution in [0.25, 0.3) is 0 Å². The Bertz CT molecular complexity index is 797. The van der Waals surface area contributed by atoms with Gasteiger partial charge in [-0.05, 0) is 67.1 Å². The van der Waals surface area contributed by atoms with Crippen molar-refractivity contribution in [1.29, 1.82) is 5.26 Å². The molecule has 3 fully saturated rings. The molecule has 0 aliphatic heterocycles. The topological polar surface area (TPSA) is 53.2 Å². The Hall–Kier alpha value is -1.32. The molecule has 0 radical (unpaired) electrons. The zero-order valence-electron chi connectivity index (χ0n) is 17.4. The number of alkyl halides is 3. The molecule has 0 heterocycles. The molecule has 0 aromatic heterocycles. The van der Waals surface area contributed by atoms with E-state index in [2.05, 4.69) is 19.9 Å². The van der Waals surface area contributed by atoms with Crippen molar-refractivity contribution < 1.29 is 23.0 Å². The van der Waals surface area contributed by atoms with Crippen molar-refractivity contribution in [2.75, 3.05) is 7.11 Å². The minimum atomic E-state index is -4.72. The van der Waals surface area contributed by atoms with Gasteiger partial charge in [0.15, 0.2) is 5.60 Å². The molecule has 0 aromatic rings. The number of hydrogen-bond donors (Lipinski definition) is 1. The van der Waals surface area contributed by atoms with E-state index < -0.39 is 24.3 Å². The lowest BCUT2D eigenvalue weighted by Gasteiger charge is -2.59. The lowest BCUT2D eigenvalue weighted by atomic mass is 9.46. The van der Waals surface area contributed by atoms with E-state index in [-0.39, 0.29) is 23.2 Å². The molecule has 3 unspecified atom stereocenters. The second kappa shape index (κ2) is 6.59. The first-order valence-electron chi connectivity index (χ1n) is 10.6. The Balaban J connectivity index is 1.70. The van der Waals surface area contributed by atoms with Gasteiger partial charge in [-0.25, -0.2) is 0 Å². The van der Waals surface area contributed by atoms with Crippen molar-refractivity contribution in [2.45, 2.75) is 76.7 Å². The number of allylic oxidation sites excluding steroid dienone is 3. The van der Waals surface area contributed by atoms with Crippen molar-refractivity contribution in [3.05, 3.63) is 23.3 Å². The van der Waals surface area contributed by atoms with Gasteiger partial charge in [0.05, 0.1) is 12.2 Å². The number of ether oxygens (including phenoxy) is 1. The van der Waals surface area contributed by atoms with Crippen LogP contribution in [0.4, 0.5) is 13.2 Å². The summed E-state index contributed by atoms with van der Waals surface area (Å²) in [5.74, 6) is 1.15. The quantitative estimate of drug-likeness (QED) is 0.471. The number of halogens is 3.